The van der Waals surface area contributed by atoms with Crippen molar-refractivity contribution in [1.82, 2.24) is 4.98 Å². The third-order valence-corrected chi connectivity index (χ3v) is 3.20. The van der Waals surface area contributed by atoms with Gasteiger partial charge in [-0.05, 0) is 18.1 Å². The van der Waals surface area contributed by atoms with Crippen molar-refractivity contribution in [3.8, 4) is 0 Å². The molecule has 0 bridgehead atoms. The quantitative estimate of drug-likeness (QED) is 0.890. The zero-order valence-corrected chi connectivity index (χ0v) is 11.1. The average Bonchev–Trinajstić information content (AvgIpc) is 2.96. The molecule has 96 valence electrons. The van der Waals surface area contributed by atoms with Gasteiger partial charge in [-0.1, -0.05) is 13.8 Å². The maximum Gasteiger partial charge on any atom is 0.293 e. The normalized spacial score (nSPS) is 10.9. The molecule has 0 fully saturated rings. The Morgan fingerprint density at radius 3 is 2.89 bits per heavy atom. The van der Waals surface area contributed by atoms with E-state index in [4.69, 9.17) is 10.2 Å². The molecule has 3 N–H and O–H groups in total. The number of aromatic nitrogens is 1. The van der Waals surface area contributed by atoms with Crippen LogP contribution < -0.4 is 11.1 Å². The van der Waals surface area contributed by atoms with E-state index in [0.29, 0.717) is 16.8 Å². The molecule has 6 heteroatoms. The minimum Gasteiger partial charge on any atom is -0.455 e. The van der Waals surface area contributed by atoms with Crippen LogP contribution in [0.2, 0.25) is 0 Å². The highest BCUT2D eigenvalue weighted by Gasteiger charge is 2.13. The van der Waals surface area contributed by atoms with Crippen LogP contribution in [0.15, 0.2) is 21.9 Å². The number of carbonyl (C=O) groups is 1. The average molecular weight is 265 g/mol. The molecule has 0 aromatic carbocycles. The summed E-state index contributed by atoms with van der Waals surface area (Å²) in [6, 6.07) is 3.30. The molecular formula is C12H15N3O2S. The van der Waals surface area contributed by atoms with Crippen LogP contribution in [0.25, 0.3) is 0 Å². The molecule has 0 aliphatic rings. The molecule has 0 spiro atoms. The fourth-order valence-electron chi connectivity index (χ4n) is 1.38. The molecule has 0 saturated carbocycles. The molecule has 2 heterocycles. The topological polar surface area (TPSA) is 81.2 Å². The Morgan fingerprint density at radius 1 is 1.56 bits per heavy atom. The van der Waals surface area contributed by atoms with Crippen LogP contribution in [0.3, 0.4) is 0 Å². The van der Waals surface area contributed by atoms with Gasteiger partial charge in [0.1, 0.15) is 5.76 Å². The van der Waals surface area contributed by atoms with E-state index in [2.05, 4.69) is 24.1 Å². The highest BCUT2D eigenvalue weighted by molar-refractivity contribution is 7.14. The van der Waals surface area contributed by atoms with E-state index in [-0.39, 0.29) is 18.2 Å². The van der Waals surface area contributed by atoms with Crippen LogP contribution in [0.4, 0.5) is 5.13 Å². The van der Waals surface area contributed by atoms with Gasteiger partial charge in [0.15, 0.2) is 10.9 Å². The van der Waals surface area contributed by atoms with E-state index in [9.17, 15) is 4.79 Å². The third kappa shape index (κ3) is 2.77. The van der Waals surface area contributed by atoms with Gasteiger partial charge in [0, 0.05) is 5.38 Å². The Balaban J connectivity index is 2.06. The molecule has 0 aliphatic heterocycles. The largest absolute Gasteiger partial charge is 0.455 e. The zero-order valence-electron chi connectivity index (χ0n) is 10.3. The van der Waals surface area contributed by atoms with Crippen LogP contribution >= 0.6 is 11.3 Å². The number of anilines is 1. The Kier molecular flexibility index (Phi) is 3.78. The Morgan fingerprint density at radius 2 is 2.33 bits per heavy atom. The SMILES string of the molecule is CC(C)c1csc(NC(=O)c2ccc(CN)o2)n1. The Bertz CT molecular complexity index is 545. The van der Waals surface area contributed by atoms with E-state index in [1.165, 1.54) is 11.3 Å². The zero-order chi connectivity index (χ0) is 13.1. The van der Waals surface area contributed by atoms with E-state index in [1.807, 2.05) is 5.38 Å². The van der Waals surface area contributed by atoms with Gasteiger partial charge in [0.25, 0.3) is 5.91 Å². The monoisotopic (exact) mass is 265 g/mol. The van der Waals surface area contributed by atoms with Crippen molar-refractivity contribution in [1.29, 1.82) is 0 Å². The number of nitrogens with one attached hydrogen (secondary N) is 1. The third-order valence-electron chi connectivity index (χ3n) is 2.42. The summed E-state index contributed by atoms with van der Waals surface area (Å²) in [7, 11) is 0. The van der Waals surface area contributed by atoms with Gasteiger partial charge in [0.2, 0.25) is 0 Å². The number of rotatable bonds is 4. The van der Waals surface area contributed by atoms with Gasteiger partial charge in [-0.15, -0.1) is 11.3 Å². The molecule has 2 rings (SSSR count). The molecule has 2 aromatic rings. The van der Waals surface area contributed by atoms with Crippen molar-refractivity contribution < 1.29 is 9.21 Å². The molecule has 0 unspecified atom stereocenters. The molecule has 0 saturated heterocycles. The summed E-state index contributed by atoms with van der Waals surface area (Å²) in [5.41, 5.74) is 6.39. The number of thiazole rings is 1. The second-order valence-electron chi connectivity index (χ2n) is 4.16. The number of amides is 1. The number of carbonyl (C=O) groups excluding carboxylic acids is 1. The van der Waals surface area contributed by atoms with Crippen LogP contribution in [0.1, 0.15) is 41.8 Å². The summed E-state index contributed by atoms with van der Waals surface area (Å²) in [4.78, 5) is 16.2. The highest BCUT2D eigenvalue weighted by Crippen LogP contribution is 2.22. The Hall–Kier alpha value is -1.66. The molecule has 1 amide bonds. The highest BCUT2D eigenvalue weighted by atomic mass is 32.1. The first-order chi connectivity index (χ1) is 8.60. The molecule has 0 radical (unpaired) electrons. The molecule has 18 heavy (non-hydrogen) atoms. The Labute approximate surface area is 109 Å². The minimum atomic E-state index is -0.306. The lowest BCUT2D eigenvalue weighted by Crippen LogP contribution is -2.10. The fraction of sp³-hybridized carbons (Fsp3) is 0.333. The van der Waals surface area contributed by atoms with E-state index in [1.54, 1.807) is 12.1 Å². The lowest BCUT2D eigenvalue weighted by molar-refractivity contribution is 0.0995. The molecule has 0 aliphatic carbocycles. The summed E-state index contributed by atoms with van der Waals surface area (Å²) < 4.78 is 5.26. The van der Waals surface area contributed by atoms with Crippen molar-refractivity contribution >= 4 is 22.4 Å². The standard InChI is InChI=1S/C12H15N3O2S/c1-7(2)9-6-18-12(14-9)15-11(16)10-4-3-8(5-13)17-10/h3-4,6-7H,5,13H2,1-2H3,(H,14,15,16). The second-order valence-corrected chi connectivity index (χ2v) is 5.01. The van der Waals surface area contributed by atoms with Gasteiger partial charge < -0.3 is 10.2 Å². The predicted octanol–water partition coefficient (Wildman–Crippen LogP) is 2.57. The van der Waals surface area contributed by atoms with Gasteiger partial charge >= 0.3 is 0 Å². The summed E-state index contributed by atoms with van der Waals surface area (Å²) in [5, 5.41) is 5.22. The lowest BCUT2D eigenvalue weighted by atomic mass is 10.2. The van der Waals surface area contributed by atoms with Gasteiger partial charge in [0.05, 0.1) is 12.2 Å². The maximum atomic E-state index is 11.8. The van der Waals surface area contributed by atoms with Gasteiger partial charge in [-0.3, -0.25) is 10.1 Å². The molecule has 5 nitrogen and oxygen atoms in total. The van der Waals surface area contributed by atoms with E-state index >= 15 is 0 Å². The van der Waals surface area contributed by atoms with Crippen LogP contribution in [0.5, 0.6) is 0 Å². The van der Waals surface area contributed by atoms with Crippen molar-refractivity contribution in [2.45, 2.75) is 26.3 Å². The summed E-state index contributed by atoms with van der Waals surface area (Å²) in [5.74, 6) is 0.873. The lowest BCUT2D eigenvalue weighted by Gasteiger charge is -1.99. The second kappa shape index (κ2) is 5.32. The van der Waals surface area contributed by atoms with Crippen LogP contribution in [0, 0.1) is 0 Å². The van der Waals surface area contributed by atoms with Crippen LogP contribution in [-0.4, -0.2) is 10.9 Å². The van der Waals surface area contributed by atoms with Crippen LogP contribution in [-0.2, 0) is 6.54 Å². The number of hydrogen-bond acceptors (Lipinski definition) is 5. The number of hydrogen-bond donors (Lipinski definition) is 2. The summed E-state index contributed by atoms with van der Waals surface area (Å²) in [6.45, 7) is 4.39. The first-order valence-corrected chi connectivity index (χ1v) is 6.53. The molecule has 0 atom stereocenters. The van der Waals surface area contributed by atoms with E-state index < -0.39 is 0 Å². The van der Waals surface area contributed by atoms with E-state index in [0.717, 1.165) is 5.69 Å². The number of nitrogens with two attached hydrogens (primary N) is 1. The number of nitrogens with zero attached hydrogens (tertiary/aromatic N) is 1. The first kappa shape index (κ1) is 12.8. The maximum absolute atomic E-state index is 11.8. The summed E-state index contributed by atoms with van der Waals surface area (Å²) in [6.07, 6.45) is 0. The van der Waals surface area contributed by atoms with Gasteiger partial charge in [-0.25, -0.2) is 4.98 Å². The molecule has 2 aromatic heterocycles. The van der Waals surface area contributed by atoms with Gasteiger partial charge in [-0.2, -0.15) is 0 Å². The predicted molar refractivity (Wildman–Crippen MR) is 70.8 cm³/mol. The smallest absolute Gasteiger partial charge is 0.293 e. The summed E-state index contributed by atoms with van der Waals surface area (Å²) >= 11 is 1.40. The fourth-order valence-corrected chi connectivity index (χ4v) is 2.24. The van der Waals surface area contributed by atoms with Crippen molar-refractivity contribution in [3.05, 3.63) is 34.7 Å². The molecular weight excluding hydrogens is 250 g/mol. The number of furan rings is 1. The van der Waals surface area contributed by atoms with Crippen molar-refractivity contribution in [2.75, 3.05) is 5.32 Å². The van der Waals surface area contributed by atoms with Crippen molar-refractivity contribution in [3.63, 3.8) is 0 Å². The minimum absolute atomic E-state index is 0.247. The first-order valence-electron chi connectivity index (χ1n) is 5.65. The van der Waals surface area contributed by atoms with Crippen molar-refractivity contribution in [2.24, 2.45) is 5.73 Å².